The lowest BCUT2D eigenvalue weighted by Gasteiger charge is -2.32. The van der Waals surface area contributed by atoms with Gasteiger partial charge in [-0.05, 0) is 56.0 Å². The number of carbonyl (C=O) groups excluding carboxylic acids is 1. The number of hydrogen-bond acceptors (Lipinski definition) is 2. The predicted octanol–water partition coefficient (Wildman–Crippen LogP) is 5.20. The van der Waals surface area contributed by atoms with Crippen LogP contribution in [0.25, 0.3) is 11.0 Å². The molecule has 0 unspecified atom stereocenters. The van der Waals surface area contributed by atoms with E-state index < -0.39 is 0 Å². The summed E-state index contributed by atoms with van der Waals surface area (Å²) in [6.45, 7) is 4.46. The van der Waals surface area contributed by atoms with Gasteiger partial charge in [0.2, 0.25) is 0 Å². The van der Waals surface area contributed by atoms with Crippen LogP contribution in [0.4, 0.5) is 0 Å². The summed E-state index contributed by atoms with van der Waals surface area (Å²) in [4.78, 5) is 19.3. The van der Waals surface area contributed by atoms with E-state index in [-0.39, 0.29) is 5.91 Å². The topological polar surface area (TPSA) is 38.1 Å². The van der Waals surface area contributed by atoms with E-state index in [4.69, 9.17) is 23.2 Å². The minimum atomic E-state index is -0.0368. The lowest BCUT2D eigenvalue weighted by atomic mass is 9.96. The van der Waals surface area contributed by atoms with E-state index in [2.05, 4.69) is 34.7 Å². The van der Waals surface area contributed by atoms with E-state index in [9.17, 15) is 4.79 Å². The monoisotopic (exact) mass is 401 g/mol. The Morgan fingerprint density at radius 2 is 1.89 bits per heavy atom. The summed E-state index contributed by atoms with van der Waals surface area (Å²) in [6, 6.07) is 13.3. The predicted molar refractivity (Wildman–Crippen MR) is 110 cm³/mol. The molecule has 2 heterocycles. The summed E-state index contributed by atoms with van der Waals surface area (Å²) < 4.78 is 2.30. The average Bonchev–Trinajstić information content (AvgIpc) is 2.99. The number of aromatic nitrogens is 2. The van der Waals surface area contributed by atoms with Crippen molar-refractivity contribution < 1.29 is 4.79 Å². The number of imidazole rings is 1. The van der Waals surface area contributed by atoms with Crippen molar-refractivity contribution in [1.82, 2.24) is 14.5 Å². The van der Waals surface area contributed by atoms with Gasteiger partial charge in [-0.3, -0.25) is 4.79 Å². The quantitative estimate of drug-likeness (QED) is 0.604. The van der Waals surface area contributed by atoms with Crippen molar-refractivity contribution in [3.05, 3.63) is 63.9 Å². The van der Waals surface area contributed by atoms with Gasteiger partial charge in [0, 0.05) is 24.7 Å². The van der Waals surface area contributed by atoms with E-state index in [0.29, 0.717) is 21.5 Å². The SMILES string of the molecule is Cc1nc2ccccc2n1CC1CCN(C(=O)c2cc(Cl)ccc2Cl)CC1. The van der Waals surface area contributed by atoms with Gasteiger partial charge in [0.1, 0.15) is 5.82 Å². The zero-order valence-electron chi connectivity index (χ0n) is 15.2. The molecule has 4 nitrogen and oxygen atoms in total. The molecule has 0 N–H and O–H groups in total. The third-order valence-electron chi connectivity index (χ3n) is 5.35. The molecule has 27 heavy (non-hydrogen) atoms. The van der Waals surface area contributed by atoms with Crippen molar-refractivity contribution in [3.8, 4) is 0 Å². The van der Waals surface area contributed by atoms with Crippen LogP contribution in [-0.4, -0.2) is 33.4 Å². The number of aryl methyl sites for hydroxylation is 1. The minimum Gasteiger partial charge on any atom is -0.339 e. The molecule has 1 fully saturated rings. The van der Waals surface area contributed by atoms with Gasteiger partial charge in [-0.2, -0.15) is 0 Å². The van der Waals surface area contributed by atoms with Crippen molar-refractivity contribution in [1.29, 1.82) is 0 Å². The Labute approximate surface area is 168 Å². The summed E-state index contributed by atoms with van der Waals surface area (Å²) in [6.07, 6.45) is 1.94. The van der Waals surface area contributed by atoms with Crippen LogP contribution in [0.15, 0.2) is 42.5 Å². The van der Waals surface area contributed by atoms with Crippen molar-refractivity contribution in [3.63, 3.8) is 0 Å². The molecule has 1 aromatic heterocycles. The Kier molecular flexibility index (Phi) is 5.11. The van der Waals surface area contributed by atoms with E-state index in [1.165, 1.54) is 5.52 Å². The molecule has 1 aliphatic rings. The van der Waals surface area contributed by atoms with Crippen molar-refractivity contribution in [2.24, 2.45) is 5.92 Å². The number of para-hydroxylation sites is 2. The Morgan fingerprint density at radius 1 is 1.15 bits per heavy atom. The van der Waals surface area contributed by atoms with Gasteiger partial charge in [-0.25, -0.2) is 4.98 Å². The molecule has 0 saturated carbocycles. The van der Waals surface area contributed by atoms with Crippen LogP contribution in [0.2, 0.25) is 10.0 Å². The standard InChI is InChI=1S/C21H21Cl2N3O/c1-14-24-19-4-2-3-5-20(19)26(14)13-15-8-10-25(11-9-15)21(27)17-12-16(22)6-7-18(17)23/h2-7,12,15H,8-11,13H2,1H3. The van der Waals surface area contributed by atoms with Crippen LogP contribution in [0.5, 0.6) is 0 Å². The maximum atomic E-state index is 12.8. The Hall–Kier alpha value is -2.04. The summed E-state index contributed by atoms with van der Waals surface area (Å²) in [7, 11) is 0. The van der Waals surface area contributed by atoms with E-state index in [1.807, 2.05) is 11.0 Å². The highest BCUT2D eigenvalue weighted by molar-refractivity contribution is 6.35. The smallest absolute Gasteiger partial charge is 0.255 e. The number of hydrogen-bond donors (Lipinski definition) is 0. The van der Waals surface area contributed by atoms with Crippen molar-refractivity contribution in [2.75, 3.05) is 13.1 Å². The third kappa shape index (κ3) is 3.69. The number of halogens is 2. The first-order chi connectivity index (χ1) is 13.0. The third-order valence-corrected chi connectivity index (χ3v) is 5.91. The van der Waals surface area contributed by atoms with Crippen LogP contribution in [0, 0.1) is 12.8 Å². The maximum absolute atomic E-state index is 12.8. The number of amides is 1. The van der Waals surface area contributed by atoms with E-state index in [0.717, 1.165) is 43.8 Å². The Morgan fingerprint density at radius 3 is 2.67 bits per heavy atom. The molecule has 0 spiro atoms. The lowest BCUT2D eigenvalue weighted by molar-refractivity contribution is 0.0683. The summed E-state index contributed by atoms with van der Waals surface area (Å²) in [5.74, 6) is 1.53. The van der Waals surface area contributed by atoms with Gasteiger partial charge < -0.3 is 9.47 Å². The van der Waals surface area contributed by atoms with Crippen LogP contribution in [-0.2, 0) is 6.54 Å². The maximum Gasteiger partial charge on any atom is 0.255 e. The lowest BCUT2D eigenvalue weighted by Crippen LogP contribution is -2.39. The summed E-state index contributed by atoms with van der Waals surface area (Å²) in [5.41, 5.74) is 2.71. The largest absolute Gasteiger partial charge is 0.339 e. The van der Waals surface area contributed by atoms with E-state index >= 15 is 0 Å². The molecule has 0 atom stereocenters. The van der Waals surface area contributed by atoms with Gasteiger partial charge in [0.05, 0.1) is 21.6 Å². The number of benzene rings is 2. The first-order valence-electron chi connectivity index (χ1n) is 9.19. The minimum absolute atomic E-state index is 0.0368. The van der Waals surface area contributed by atoms with Crippen molar-refractivity contribution >= 4 is 40.1 Å². The molecule has 4 rings (SSSR count). The summed E-state index contributed by atoms with van der Waals surface area (Å²) in [5, 5.41) is 0.979. The number of rotatable bonds is 3. The van der Waals surface area contributed by atoms with Gasteiger partial charge in [0.25, 0.3) is 5.91 Å². The zero-order chi connectivity index (χ0) is 19.0. The van der Waals surface area contributed by atoms with Gasteiger partial charge in [-0.15, -0.1) is 0 Å². The number of nitrogens with zero attached hydrogens (tertiary/aromatic N) is 3. The van der Waals surface area contributed by atoms with Gasteiger partial charge >= 0.3 is 0 Å². The fourth-order valence-corrected chi connectivity index (χ4v) is 4.21. The Balaban J connectivity index is 1.44. The molecule has 2 aromatic carbocycles. The number of piperidine rings is 1. The number of carbonyl (C=O) groups is 1. The second-order valence-electron chi connectivity index (χ2n) is 7.12. The molecule has 1 saturated heterocycles. The number of fused-ring (bicyclic) bond motifs is 1. The summed E-state index contributed by atoms with van der Waals surface area (Å²) >= 11 is 12.2. The van der Waals surface area contributed by atoms with Crippen LogP contribution >= 0.6 is 23.2 Å². The average molecular weight is 402 g/mol. The zero-order valence-corrected chi connectivity index (χ0v) is 16.7. The molecule has 140 valence electrons. The van der Waals surface area contributed by atoms with Crippen LogP contribution in [0.1, 0.15) is 29.0 Å². The molecule has 0 bridgehead atoms. The molecule has 1 amide bonds. The first kappa shape index (κ1) is 18.3. The second-order valence-corrected chi connectivity index (χ2v) is 7.96. The molecule has 0 radical (unpaired) electrons. The molecule has 3 aromatic rings. The van der Waals surface area contributed by atoms with E-state index in [1.54, 1.807) is 18.2 Å². The molecule has 6 heteroatoms. The first-order valence-corrected chi connectivity index (χ1v) is 9.94. The molecular weight excluding hydrogens is 381 g/mol. The molecule has 0 aliphatic carbocycles. The van der Waals surface area contributed by atoms with Crippen LogP contribution < -0.4 is 0 Å². The number of likely N-dealkylation sites (tertiary alicyclic amines) is 1. The highest BCUT2D eigenvalue weighted by Gasteiger charge is 2.26. The Bertz CT molecular complexity index is 990. The fraction of sp³-hybridized carbons (Fsp3) is 0.333. The highest BCUT2D eigenvalue weighted by atomic mass is 35.5. The van der Waals surface area contributed by atoms with Gasteiger partial charge in [-0.1, -0.05) is 35.3 Å². The normalized spacial score (nSPS) is 15.4. The second kappa shape index (κ2) is 7.53. The van der Waals surface area contributed by atoms with Crippen LogP contribution in [0.3, 0.4) is 0 Å². The highest BCUT2D eigenvalue weighted by Crippen LogP contribution is 2.27. The van der Waals surface area contributed by atoms with Gasteiger partial charge in [0.15, 0.2) is 0 Å². The fourth-order valence-electron chi connectivity index (χ4n) is 3.83. The molecular formula is C21H21Cl2N3O. The van der Waals surface area contributed by atoms with Crippen molar-refractivity contribution in [2.45, 2.75) is 26.3 Å². The molecule has 1 aliphatic heterocycles.